The molecule has 26 heavy (non-hydrogen) atoms. The Kier molecular flexibility index (Phi) is 7.61. The molecule has 0 aliphatic carbocycles. The molecule has 0 radical (unpaired) electrons. The molecule has 140 valence electrons. The molecule has 1 amide bonds. The predicted molar refractivity (Wildman–Crippen MR) is 99.4 cm³/mol. The summed E-state index contributed by atoms with van der Waals surface area (Å²) in [5, 5.41) is 2.85. The highest BCUT2D eigenvalue weighted by Crippen LogP contribution is 2.27. The molecule has 6 nitrogen and oxygen atoms in total. The number of carbonyl (C=O) groups is 1. The lowest BCUT2D eigenvalue weighted by Gasteiger charge is -2.10. The van der Waals surface area contributed by atoms with Gasteiger partial charge in [0.15, 0.2) is 11.5 Å². The Hall–Kier alpha value is -2.89. The van der Waals surface area contributed by atoms with Crippen LogP contribution < -0.4 is 24.3 Å². The van der Waals surface area contributed by atoms with Crippen molar-refractivity contribution < 1.29 is 23.7 Å². The quantitative estimate of drug-likeness (QED) is 0.661. The van der Waals surface area contributed by atoms with E-state index in [0.717, 1.165) is 17.1 Å². The largest absolute Gasteiger partial charge is 0.497 e. The van der Waals surface area contributed by atoms with Crippen LogP contribution in [0, 0.1) is 0 Å². The zero-order valence-electron chi connectivity index (χ0n) is 15.4. The molecule has 0 bridgehead atoms. The molecule has 0 heterocycles. The summed E-state index contributed by atoms with van der Waals surface area (Å²) in [5.74, 6) is 2.85. The van der Waals surface area contributed by atoms with E-state index >= 15 is 0 Å². The fraction of sp³-hybridized carbons (Fsp3) is 0.350. The fourth-order valence-electron chi connectivity index (χ4n) is 2.41. The number of aryl methyl sites for hydroxylation is 1. The van der Waals surface area contributed by atoms with E-state index in [-0.39, 0.29) is 5.91 Å². The smallest absolute Gasteiger partial charge is 0.220 e. The van der Waals surface area contributed by atoms with Crippen LogP contribution in [-0.2, 0) is 11.2 Å². The monoisotopic (exact) mass is 359 g/mol. The molecule has 0 saturated heterocycles. The van der Waals surface area contributed by atoms with Gasteiger partial charge >= 0.3 is 0 Å². The lowest BCUT2D eigenvalue weighted by Crippen LogP contribution is -2.28. The topological polar surface area (TPSA) is 66.0 Å². The van der Waals surface area contributed by atoms with Gasteiger partial charge in [0.25, 0.3) is 0 Å². The number of hydrogen-bond donors (Lipinski definition) is 1. The van der Waals surface area contributed by atoms with Crippen LogP contribution in [-0.4, -0.2) is 40.4 Å². The van der Waals surface area contributed by atoms with E-state index in [0.29, 0.717) is 37.5 Å². The average Bonchev–Trinajstić information content (AvgIpc) is 2.69. The van der Waals surface area contributed by atoms with Gasteiger partial charge in [0.05, 0.1) is 27.9 Å². The van der Waals surface area contributed by atoms with Crippen LogP contribution in [0.1, 0.15) is 12.0 Å². The second-order valence-electron chi connectivity index (χ2n) is 5.56. The van der Waals surface area contributed by atoms with Gasteiger partial charge < -0.3 is 24.3 Å². The van der Waals surface area contributed by atoms with Crippen LogP contribution in [0.5, 0.6) is 23.0 Å². The van der Waals surface area contributed by atoms with Crippen LogP contribution in [0.4, 0.5) is 0 Å². The molecular weight excluding hydrogens is 334 g/mol. The Bertz CT molecular complexity index is 700. The van der Waals surface area contributed by atoms with Gasteiger partial charge in [-0.15, -0.1) is 0 Å². The van der Waals surface area contributed by atoms with Crippen LogP contribution in [0.15, 0.2) is 42.5 Å². The van der Waals surface area contributed by atoms with Crippen molar-refractivity contribution in [2.45, 2.75) is 12.8 Å². The summed E-state index contributed by atoms with van der Waals surface area (Å²) >= 11 is 0. The van der Waals surface area contributed by atoms with Crippen LogP contribution in [0.3, 0.4) is 0 Å². The molecule has 0 aromatic heterocycles. The molecular formula is C20H25NO5. The normalized spacial score (nSPS) is 10.1. The highest BCUT2D eigenvalue weighted by atomic mass is 16.5. The first kappa shape index (κ1) is 19.4. The maximum absolute atomic E-state index is 11.9. The van der Waals surface area contributed by atoms with Crippen molar-refractivity contribution in [3.63, 3.8) is 0 Å². The Labute approximate surface area is 154 Å². The Morgan fingerprint density at radius 3 is 2.23 bits per heavy atom. The SMILES string of the molecule is COc1ccc(OCCNC(=O)CCc2ccc(OC)c(OC)c2)cc1. The molecule has 0 spiro atoms. The van der Waals surface area contributed by atoms with Gasteiger partial charge in [-0.25, -0.2) is 0 Å². The van der Waals surface area contributed by atoms with Gasteiger partial charge in [0, 0.05) is 6.42 Å². The lowest BCUT2D eigenvalue weighted by atomic mass is 10.1. The number of methoxy groups -OCH3 is 3. The number of nitrogens with one attached hydrogen (secondary N) is 1. The van der Waals surface area contributed by atoms with Crippen LogP contribution >= 0.6 is 0 Å². The fourth-order valence-corrected chi connectivity index (χ4v) is 2.41. The summed E-state index contributed by atoms with van der Waals surface area (Å²) in [6.45, 7) is 0.866. The van der Waals surface area contributed by atoms with Crippen molar-refractivity contribution in [3.05, 3.63) is 48.0 Å². The summed E-state index contributed by atoms with van der Waals surface area (Å²) in [7, 11) is 4.81. The van der Waals surface area contributed by atoms with Crippen LogP contribution in [0.25, 0.3) is 0 Å². The second-order valence-corrected chi connectivity index (χ2v) is 5.56. The molecule has 2 aromatic rings. The van der Waals surface area contributed by atoms with E-state index in [1.54, 1.807) is 21.3 Å². The number of carbonyl (C=O) groups excluding carboxylic acids is 1. The molecule has 2 aromatic carbocycles. The Morgan fingerprint density at radius 2 is 1.58 bits per heavy atom. The van der Waals surface area contributed by atoms with E-state index in [2.05, 4.69) is 5.32 Å². The summed E-state index contributed by atoms with van der Waals surface area (Å²) < 4.78 is 21.1. The minimum atomic E-state index is -0.0156. The third-order valence-electron chi connectivity index (χ3n) is 3.84. The molecule has 0 aliphatic heterocycles. The predicted octanol–water partition coefficient (Wildman–Crippen LogP) is 2.84. The van der Waals surface area contributed by atoms with Gasteiger partial charge in [-0.2, -0.15) is 0 Å². The Balaban J connectivity index is 1.68. The van der Waals surface area contributed by atoms with Gasteiger partial charge in [0.2, 0.25) is 5.91 Å². The number of ether oxygens (including phenoxy) is 4. The van der Waals surface area contributed by atoms with E-state index in [1.165, 1.54) is 0 Å². The minimum Gasteiger partial charge on any atom is -0.497 e. The summed E-state index contributed by atoms with van der Waals surface area (Å²) in [6, 6.07) is 13.0. The maximum atomic E-state index is 11.9. The molecule has 0 saturated carbocycles. The number of rotatable bonds is 10. The van der Waals surface area contributed by atoms with Crippen molar-refractivity contribution in [1.29, 1.82) is 0 Å². The second kappa shape index (κ2) is 10.2. The molecule has 0 aliphatic rings. The first-order valence-electron chi connectivity index (χ1n) is 8.40. The highest BCUT2D eigenvalue weighted by molar-refractivity contribution is 5.76. The van der Waals surface area contributed by atoms with Gasteiger partial charge in [-0.3, -0.25) is 4.79 Å². The average molecular weight is 359 g/mol. The molecule has 6 heteroatoms. The van der Waals surface area contributed by atoms with Crippen molar-refractivity contribution in [3.8, 4) is 23.0 Å². The Morgan fingerprint density at radius 1 is 0.885 bits per heavy atom. The zero-order valence-corrected chi connectivity index (χ0v) is 15.4. The van der Waals surface area contributed by atoms with Crippen molar-refractivity contribution in [2.24, 2.45) is 0 Å². The summed E-state index contributed by atoms with van der Waals surface area (Å²) in [4.78, 5) is 11.9. The number of benzene rings is 2. The summed E-state index contributed by atoms with van der Waals surface area (Å²) in [5.41, 5.74) is 1.02. The first-order chi connectivity index (χ1) is 12.7. The first-order valence-corrected chi connectivity index (χ1v) is 8.40. The lowest BCUT2D eigenvalue weighted by molar-refractivity contribution is -0.121. The van der Waals surface area contributed by atoms with Gasteiger partial charge in [0.1, 0.15) is 18.1 Å². The van der Waals surface area contributed by atoms with E-state index in [4.69, 9.17) is 18.9 Å². The molecule has 1 N–H and O–H groups in total. The molecule has 0 fully saturated rings. The zero-order chi connectivity index (χ0) is 18.8. The van der Waals surface area contributed by atoms with Crippen LogP contribution in [0.2, 0.25) is 0 Å². The third-order valence-corrected chi connectivity index (χ3v) is 3.84. The van der Waals surface area contributed by atoms with E-state index in [9.17, 15) is 4.79 Å². The molecule has 2 rings (SSSR count). The molecule has 0 unspecified atom stereocenters. The highest BCUT2D eigenvalue weighted by Gasteiger charge is 2.07. The van der Waals surface area contributed by atoms with Crippen molar-refractivity contribution in [1.82, 2.24) is 5.32 Å². The van der Waals surface area contributed by atoms with Crippen molar-refractivity contribution >= 4 is 5.91 Å². The number of amides is 1. The number of hydrogen-bond acceptors (Lipinski definition) is 5. The molecule has 0 atom stereocenters. The standard InChI is InChI=1S/C20H25NO5/c1-23-16-6-8-17(9-7-16)26-13-12-21-20(22)11-5-15-4-10-18(24-2)19(14-15)25-3/h4,6-10,14H,5,11-13H2,1-3H3,(H,21,22). The van der Waals surface area contributed by atoms with Gasteiger partial charge in [-0.05, 0) is 48.4 Å². The summed E-state index contributed by atoms with van der Waals surface area (Å²) in [6.07, 6.45) is 1.03. The minimum absolute atomic E-state index is 0.0156. The maximum Gasteiger partial charge on any atom is 0.220 e. The third kappa shape index (κ3) is 5.88. The van der Waals surface area contributed by atoms with E-state index < -0.39 is 0 Å². The van der Waals surface area contributed by atoms with E-state index in [1.807, 2.05) is 42.5 Å². The van der Waals surface area contributed by atoms with Gasteiger partial charge in [-0.1, -0.05) is 6.07 Å². The van der Waals surface area contributed by atoms with Crippen molar-refractivity contribution in [2.75, 3.05) is 34.5 Å².